The Morgan fingerprint density at radius 2 is 2.00 bits per heavy atom. The Morgan fingerprint density at radius 1 is 1.38 bits per heavy atom. The Labute approximate surface area is 96.4 Å². The maximum Gasteiger partial charge on any atom is 0.330 e. The lowest BCUT2D eigenvalue weighted by Crippen LogP contribution is -2.42. The number of carboxylic acid groups (broad SMARTS) is 1. The fourth-order valence-electron chi connectivity index (χ4n) is 2.00. The minimum absolute atomic E-state index is 0.336. The summed E-state index contributed by atoms with van der Waals surface area (Å²) in [5.74, 6) is -0.891. The van der Waals surface area contributed by atoms with Crippen LogP contribution in [0.3, 0.4) is 0 Å². The van der Waals surface area contributed by atoms with Crippen LogP contribution < -0.4 is 5.32 Å². The lowest BCUT2D eigenvalue weighted by Gasteiger charge is -2.32. The second-order valence-corrected chi connectivity index (χ2v) is 4.61. The monoisotopic (exact) mass is 227 g/mol. The van der Waals surface area contributed by atoms with Crippen molar-refractivity contribution in [3.05, 3.63) is 11.6 Å². The van der Waals surface area contributed by atoms with E-state index in [4.69, 9.17) is 5.11 Å². The van der Waals surface area contributed by atoms with Crippen molar-refractivity contribution in [2.24, 2.45) is 0 Å². The van der Waals surface area contributed by atoms with E-state index in [0.29, 0.717) is 18.7 Å². The molecule has 16 heavy (non-hydrogen) atoms. The Morgan fingerprint density at radius 3 is 2.56 bits per heavy atom. The predicted molar refractivity (Wildman–Crippen MR) is 62.3 cm³/mol. The number of rotatable bonds is 5. The molecule has 0 radical (unpaired) electrons. The third kappa shape index (κ3) is 4.33. The van der Waals surface area contributed by atoms with Crippen LogP contribution in [0.1, 0.15) is 39.0 Å². The third-order valence-corrected chi connectivity index (χ3v) is 3.13. The lowest BCUT2D eigenvalue weighted by molar-refractivity contribution is -0.132. The summed E-state index contributed by atoms with van der Waals surface area (Å²) in [6.07, 6.45) is 6.71. The molecule has 1 saturated carbocycles. The van der Waals surface area contributed by atoms with Gasteiger partial charge in [0.15, 0.2) is 0 Å². The first-order valence-electron chi connectivity index (χ1n) is 5.87. The third-order valence-electron chi connectivity index (χ3n) is 3.13. The highest BCUT2D eigenvalue weighted by Gasteiger charge is 2.28. The van der Waals surface area contributed by atoms with Gasteiger partial charge in [-0.2, -0.15) is 0 Å². The summed E-state index contributed by atoms with van der Waals surface area (Å²) in [6.45, 7) is 2.62. The van der Waals surface area contributed by atoms with Gasteiger partial charge in [0.25, 0.3) is 0 Å². The summed E-state index contributed by atoms with van der Waals surface area (Å²) in [7, 11) is 0. The van der Waals surface area contributed by atoms with Gasteiger partial charge < -0.3 is 15.5 Å². The molecular weight excluding hydrogens is 206 g/mol. The Hall–Kier alpha value is -0.870. The van der Waals surface area contributed by atoms with Crippen LogP contribution in [0, 0.1) is 0 Å². The second kappa shape index (κ2) is 6.01. The molecule has 0 aromatic heterocycles. The van der Waals surface area contributed by atoms with Crippen molar-refractivity contribution in [3.63, 3.8) is 0 Å². The van der Waals surface area contributed by atoms with Gasteiger partial charge in [-0.3, -0.25) is 0 Å². The van der Waals surface area contributed by atoms with Gasteiger partial charge in [0.1, 0.15) is 0 Å². The molecule has 92 valence electrons. The van der Waals surface area contributed by atoms with Gasteiger partial charge in [-0.15, -0.1) is 0 Å². The number of hydrogen-bond acceptors (Lipinski definition) is 3. The zero-order chi connectivity index (χ0) is 12.0. The summed E-state index contributed by atoms with van der Waals surface area (Å²) in [5, 5.41) is 21.9. The first-order valence-corrected chi connectivity index (χ1v) is 5.87. The van der Waals surface area contributed by atoms with Crippen molar-refractivity contribution in [1.29, 1.82) is 0 Å². The number of carbonyl (C=O) groups is 1. The molecular formula is C12H21NO3. The Balaban J connectivity index is 2.24. The van der Waals surface area contributed by atoms with E-state index in [1.807, 2.05) is 0 Å². The number of hydrogen-bond donors (Lipinski definition) is 3. The molecule has 4 nitrogen and oxygen atoms in total. The van der Waals surface area contributed by atoms with Crippen LogP contribution in [0.4, 0.5) is 0 Å². The van der Waals surface area contributed by atoms with Gasteiger partial charge in [-0.05, 0) is 19.8 Å². The molecule has 3 N–H and O–H groups in total. The van der Waals surface area contributed by atoms with E-state index in [9.17, 15) is 9.90 Å². The highest BCUT2D eigenvalue weighted by atomic mass is 16.4. The highest BCUT2D eigenvalue weighted by Crippen LogP contribution is 2.27. The molecule has 1 aliphatic rings. The zero-order valence-electron chi connectivity index (χ0n) is 9.83. The molecule has 1 fully saturated rings. The molecule has 4 heteroatoms. The van der Waals surface area contributed by atoms with Crippen molar-refractivity contribution in [2.45, 2.75) is 44.6 Å². The summed E-state index contributed by atoms with van der Waals surface area (Å²) >= 11 is 0. The van der Waals surface area contributed by atoms with Crippen LogP contribution >= 0.6 is 0 Å². The van der Waals surface area contributed by atoms with Crippen molar-refractivity contribution in [3.8, 4) is 0 Å². The second-order valence-electron chi connectivity index (χ2n) is 4.61. The SMILES string of the molecule is CC(=CCNCC1(O)CCCCC1)C(=O)O. The van der Waals surface area contributed by atoms with Crippen molar-refractivity contribution >= 4 is 5.97 Å². The molecule has 0 aromatic rings. The number of nitrogens with one attached hydrogen (secondary N) is 1. The first kappa shape index (κ1) is 13.2. The molecule has 0 unspecified atom stereocenters. The number of aliphatic hydroxyl groups is 1. The van der Waals surface area contributed by atoms with Crippen LogP contribution in [0.25, 0.3) is 0 Å². The van der Waals surface area contributed by atoms with E-state index in [1.54, 1.807) is 13.0 Å². The Bertz CT molecular complexity index is 267. The molecule has 0 atom stereocenters. The summed E-state index contributed by atoms with van der Waals surface area (Å²) in [5.41, 5.74) is -0.244. The molecule has 1 aliphatic carbocycles. The van der Waals surface area contributed by atoms with Gasteiger partial charge in [0.2, 0.25) is 0 Å². The van der Waals surface area contributed by atoms with Crippen LogP contribution in [-0.2, 0) is 4.79 Å². The zero-order valence-corrected chi connectivity index (χ0v) is 9.83. The topological polar surface area (TPSA) is 69.6 Å². The smallest absolute Gasteiger partial charge is 0.330 e. The molecule has 0 saturated heterocycles. The van der Waals surface area contributed by atoms with Crippen molar-refractivity contribution in [1.82, 2.24) is 5.32 Å². The fraction of sp³-hybridized carbons (Fsp3) is 0.750. The number of carboxylic acids is 1. The highest BCUT2D eigenvalue weighted by molar-refractivity contribution is 5.85. The molecule has 0 amide bonds. The standard InChI is InChI=1S/C12H21NO3/c1-10(11(14)15)5-8-13-9-12(16)6-3-2-4-7-12/h5,13,16H,2-4,6-9H2,1H3,(H,14,15). The summed E-state index contributed by atoms with van der Waals surface area (Å²) in [6, 6.07) is 0. The molecule has 1 rings (SSSR count). The van der Waals surface area contributed by atoms with Crippen molar-refractivity contribution in [2.75, 3.05) is 13.1 Å². The fourth-order valence-corrected chi connectivity index (χ4v) is 2.00. The van der Waals surface area contributed by atoms with E-state index < -0.39 is 11.6 Å². The van der Waals surface area contributed by atoms with E-state index in [1.165, 1.54) is 6.42 Å². The molecule has 0 spiro atoms. The van der Waals surface area contributed by atoms with Crippen LogP contribution in [-0.4, -0.2) is 34.9 Å². The number of aliphatic carboxylic acids is 1. The van der Waals surface area contributed by atoms with Gasteiger partial charge in [-0.1, -0.05) is 25.3 Å². The molecule has 0 aromatic carbocycles. The average Bonchev–Trinajstić information content (AvgIpc) is 2.25. The van der Waals surface area contributed by atoms with Gasteiger partial charge in [0.05, 0.1) is 5.60 Å². The maximum atomic E-state index is 10.5. The van der Waals surface area contributed by atoms with Gasteiger partial charge in [0, 0.05) is 18.7 Å². The Kier molecular flexibility index (Phi) is 4.96. The van der Waals surface area contributed by atoms with Gasteiger partial charge in [-0.25, -0.2) is 4.79 Å². The largest absolute Gasteiger partial charge is 0.478 e. The van der Waals surface area contributed by atoms with Crippen LogP contribution in [0.2, 0.25) is 0 Å². The summed E-state index contributed by atoms with van der Waals surface area (Å²) in [4.78, 5) is 10.5. The molecule has 0 bridgehead atoms. The van der Waals surface area contributed by atoms with Crippen molar-refractivity contribution < 1.29 is 15.0 Å². The minimum Gasteiger partial charge on any atom is -0.478 e. The lowest BCUT2D eigenvalue weighted by atomic mass is 9.85. The van der Waals surface area contributed by atoms with E-state index in [2.05, 4.69) is 5.32 Å². The average molecular weight is 227 g/mol. The predicted octanol–water partition coefficient (Wildman–Crippen LogP) is 1.30. The molecule has 0 heterocycles. The maximum absolute atomic E-state index is 10.5. The van der Waals surface area contributed by atoms with E-state index in [-0.39, 0.29) is 0 Å². The minimum atomic E-state index is -0.891. The summed E-state index contributed by atoms with van der Waals surface area (Å²) < 4.78 is 0. The van der Waals surface area contributed by atoms with Gasteiger partial charge >= 0.3 is 5.97 Å². The molecule has 0 aliphatic heterocycles. The van der Waals surface area contributed by atoms with Crippen LogP contribution in [0.5, 0.6) is 0 Å². The first-order chi connectivity index (χ1) is 7.53. The van der Waals surface area contributed by atoms with E-state index >= 15 is 0 Å². The normalized spacial score (nSPS) is 20.8. The quantitative estimate of drug-likeness (QED) is 0.489. The van der Waals surface area contributed by atoms with E-state index in [0.717, 1.165) is 25.7 Å². The van der Waals surface area contributed by atoms with Crippen LogP contribution in [0.15, 0.2) is 11.6 Å².